The van der Waals surface area contributed by atoms with E-state index in [1.165, 1.54) is 18.2 Å². The molecule has 8 nitrogen and oxygen atoms in total. The number of rotatable bonds is 6. The molecule has 4 aromatic rings. The molecule has 0 bridgehead atoms. The standard InChI is InChI=1S/C24H16ClN3O5/c25-18-12-11-17(14-21(18)28(31)32)26-23(29)22(16-7-2-1-3-8-16)33-24(30)20-13-10-15-6-4-5-9-19(15)27-20/h1-14,22H,(H,26,29). The molecule has 9 heteroatoms. The number of amides is 1. The first kappa shape index (κ1) is 21.9. The van der Waals surface area contributed by atoms with Gasteiger partial charge in [0.1, 0.15) is 10.7 Å². The second kappa shape index (κ2) is 9.46. The number of carbonyl (C=O) groups is 2. The average molecular weight is 462 g/mol. The van der Waals surface area contributed by atoms with Crippen LogP contribution in [0.1, 0.15) is 22.2 Å². The van der Waals surface area contributed by atoms with Gasteiger partial charge in [0.2, 0.25) is 6.10 Å². The highest BCUT2D eigenvalue weighted by Gasteiger charge is 2.27. The summed E-state index contributed by atoms with van der Waals surface area (Å²) in [7, 11) is 0. The summed E-state index contributed by atoms with van der Waals surface area (Å²) < 4.78 is 5.53. The van der Waals surface area contributed by atoms with Crippen molar-refractivity contribution >= 4 is 45.8 Å². The summed E-state index contributed by atoms with van der Waals surface area (Å²) in [4.78, 5) is 40.7. The maximum Gasteiger partial charge on any atom is 0.358 e. The molecular formula is C24H16ClN3O5. The van der Waals surface area contributed by atoms with Gasteiger partial charge in [0.05, 0.1) is 10.4 Å². The molecule has 0 spiro atoms. The molecule has 3 aromatic carbocycles. The van der Waals surface area contributed by atoms with Crippen LogP contribution in [0.4, 0.5) is 11.4 Å². The summed E-state index contributed by atoms with van der Waals surface area (Å²) in [5, 5.41) is 14.5. The van der Waals surface area contributed by atoms with Gasteiger partial charge in [-0.2, -0.15) is 0 Å². The number of hydrogen-bond donors (Lipinski definition) is 1. The SMILES string of the molecule is O=C(OC(C(=O)Nc1ccc(Cl)c([N+](=O)[O-])c1)c1ccccc1)c1ccc2ccccc2n1. The van der Waals surface area contributed by atoms with Crippen LogP contribution in [0.15, 0.2) is 84.9 Å². The molecule has 4 rings (SSSR count). The molecule has 1 heterocycles. The van der Waals surface area contributed by atoms with Gasteiger partial charge in [0, 0.05) is 22.7 Å². The maximum atomic E-state index is 13.0. The molecule has 0 aliphatic heterocycles. The van der Waals surface area contributed by atoms with Crippen LogP contribution in [0.5, 0.6) is 0 Å². The number of nitro groups is 1. The van der Waals surface area contributed by atoms with Gasteiger partial charge in [-0.05, 0) is 24.3 Å². The highest BCUT2D eigenvalue weighted by atomic mass is 35.5. The van der Waals surface area contributed by atoms with Crippen LogP contribution >= 0.6 is 11.6 Å². The van der Waals surface area contributed by atoms with Crippen molar-refractivity contribution in [1.82, 2.24) is 4.98 Å². The van der Waals surface area contributed by atoms with Crippen molar-refractivity contribution < 1.29 is 19.2 Å². The summed E-state index contributed by atoms with van der Waals surface area (Å²) in [6.45, 7) is 0. The molecule has 0 aliphatic rings. The lowest BCUT2D eigenvalue weighted by molar-refractivity contribution is -0.384. The number of pyridine rings is 1. The van der Waals surface area contributed by atoms with Gasteiger partial charge in [0.25, 0.3) is 11.6 Å². The van der Waals surface area contributed by atoms with Crippen LogP contribution in [0.3, 0.4) is 0 Å². The quantitative estimate of drug-likeness (QED) is 0.236. The Hall–Kier alpha value is -4.30. The van der Waals surface area contributed by atoms with E-state index in [2.05, 4.69) is 10.3 Å². The largest absolute Gasteiger partial charge is 0.443 e. The molecule has 1 unspecified atom stereocenters. The van der Waals surface area contributed by atoms with Crippen molar-refractivity contribution in [3.8, 4) is 0 Å². The molecule has 0 fully saturated rings. The van der Waals surface area contributed by atoms with E-state index in [0.717, 1.165) is 11.5 Å². The molecule has 0 radical (unpaired) electrons. The first-order valence-electron chi connectivity index (χ1n) is 9.79. The topological polar surface area (TPSA) is 111 Å². The van der Waals surface area contributed by atoms with Gasteiger partial charge in [0.15, 0.2) is 0 Å². The first-order chi connectivity index (χ1) is 15.9. The summed E-state index contributed by atoms with van der Waals surface area (Å²) in [5.74, 6) is -1.47. The lowest BCUT2D eigenvalue weighted by Crippen LogP contribution is -2.26. The minimum atomic E-state index is -1.32. The number of carbonyl (C=O) groups excluding carboxylic acids is 2. The predicted molar refractivity (Wildman–Crippen MR) is 123 cm³/mol. The summed E-state index contributed by atoms with van der Waals surface area (Å²) in [6.07, 6.45) is -1.32. The van der Waals surface area contributed by atoms with Crippen LogP contribution < -0.4 is 5.32 Å². The normalized spacial score (nSPS) is 11.5. The van der Waals surface area contributed by atoms with E-state index in [9.17, 15) is 19.7 Å². The monoisotopic (exact) mass is 461 g/mol. The second-order valence-corrected chi connectivity index (χ2v) is 7.40. The zero-order chi connectivity index (χ0) is 23.4. The predicted octanol–water partition coefficient (Wildman–Crippen LogP) is 5.33. The molecule has 164 valence electrons. The van der Waals surface area contributed by atoms with E-state index in [0.29, 0.717) is 11.1 Å². The lowest BCUT2D eigenvalue weighted by Gasteiger charge is -2.18. The Morgan fingerprint density at radius 3 is 2.45 bits per heavy atom. The molecule has 0 aliphatic carbocycles. The maximum absolute atomic E-state index is 13.0. The fourth-order valence-corrected chi connectivity index (χ4v) is 3.37. The van der Waals surface area contributed by atoms with Gasteiger partial charge in [-0.25, -0.2) is 9.78 Å². The number of halogens is 1. The van der Waals surface area contributed by atoms with Gasteiger partial charge in [-0.1, -0.05) is 66.2 Å². The van der Waals surface area contributed by atoms with Gasteiger partial charge >= 0.3 is 5.97 Å². The molecule has 1 N–H and O–H groups in total. The zero-order valence-electron chi connectivity index (χ0n) is 17.0. The number of ether oxygens (including phenoxy) is 1. The van der Waals surface area contributed by atoms with Crippen LogP contribution in [0.2, 0.25) is 5.02 Å². The Morgan fingerprint density at radius 1 is 0.970 bits per heavy atom. The number of benzene rings is 3. The van der Waals surface area contributed by atoms with Gasteiger partial charge in [-0.15, -0.1) is 0 Å². The zero-order valence-corrected chi connectivity index (χ0v) is 17.7. The lowest BCUT2D eigenvalue weighted by atomic mass is 10.1. The highest BCUT2D eigenvalue weighted by molar-refractivity contribution is 6.32. The van der Waals surface area contributed by atoms with Crippen molar-refractivity contribution in [2.24, 2.45) is 0 Å². The molecule has 1 atom stereocenters. The number of anilines is 1. The van der Waals surface area contributed by atoms with Crippen molar-refractivity contribution in [2.45, 2.75) is 6.10 Å². The number of esters is 1. The third-order valence-corrected chi connectivity index (χ3v) is 5.10. The number of hydrogen-bond acceptors (Lipinski definition) is 6. The molecule has 33 heavy (non-hydrogen) atoms. The van der Waals surface area contributed by atoms with Crippen LogP contribution in [0, 0.1) is 10.1 Å². The van der Waals surface area contributed by atoms with E-state index >= 15 is 0 Å². The van der Waals surface area contributed by atoms with Crippen molar-refractivity contribution in [1.29, 1.82) is 0 Å². The van der Waals surface area contributed by atoms with E-state index < -0.39 is 22.9 Å². The van der Waals surface area contributed by atoms with E-state index in [1.807, 2.05) is 12.1 Å². The summed E-state index contributed by atoms with van der Waals surface area (Å²) in [5.41, 5.74) is 0.860. The third-order valence-electron chi connectivity index (χ3n) is 4.78. The van der Waals surface area contributed by atoms with E-state index in [1.54, 1.807) is 48.5 Å². The Bertz CT molecular complexity index is 1360. The number of para-hydroxylation sites is 1. The minimum absolute atomic E-state index is 0.0459. The Morgan fingerprint density at radius 2 is 1.70 bits per heavy atom. The summed E-state index contributed by atoms with van der Waals surface area (Å²) in [6, 6.07) is 22.8. The number of fused-ring (bicyclic) bond motifs is 1. The fourth-order valence-electron chi connectivity index (χ4n) is 3.19. The van der Waals surface area contributed by atoms with Crippen LogP contribution in [-0.2, 0) is 9.53 Å². The van der Waals surface area contributed by atoms with Gasteiger partial charge in [-0.3, -0.25) is 14.9 Å². The third kappa shape index (κ3) is 4.97. The smallest absolute Gasteiger partial charge is 0.358 e. The van der Waals surface area contributed by atoms with Crippen molar-refractivity contribution in [3.63, 3.8) is 0 Å². The number of aromatic nitrogens is 1. The molecule has 1 amide bonds. The first-order valence-corrected chi connectivity index (χ1v) is 10.2. The Kier molecular flexibility index (Phi) is 6.28. The van der Waals surface area contributed by atoms with Gasteiger partial charge < -0.3 is 10.1 Å². The van der Waals surface area contributed by atoms with Crippen molar-refractivity contribution in [2.75, 3.05) is 5.32 Å². The molecule has 1 aromatic heterocycles. The van der Waals surface area contributed by atoms with E-state index in [-0.39, 0.29) is 22.1 Å². The average Bonchev–Trinajstić information content (AvgIpc) is 2.83. The molecular weight excluding hydrogens is 446 g/mol. The number of nitro benzene ring substituents is 1. The minimum Gasteiger partial charge on any atom is -0.443 e. The molecule has 0 saturated heterocycles. The fraction of sp³-hybridized carbons (Fsp3) is 0.0417. The number of nitrogens with zero attached hydrogens (tertiary/aromatic N) is 2. The van der Waals surface area contributed by atoms with Crippen LogP contribution in [-0.4, -0.2) is 21.8 Å². The summed E-state index contributed by atoms with van der Waals surface area (Å²) >= 11 is 5.83. The number of nitrogens with one attached hydrogen (secondary N) is 1. The molecule has 0 saturated carbocycles. The second-order valence-electron chi connectivity index (χ2n) is 7.00. The highest BCUT2D eigenvalue weighted by Crippen LogP contribution is 2.29. The van der Waals surface area contributed by atoms with Crippen LogP contribution in [0.25, 0.3) is 10.9 Å². The van der Waals surface area contributed by atoms with E-state index in [4.69, 9.17) is 16.3 Å². The Labute approximate surface area is 192 Å². The Balaban J connectivity index is 1.61. The van der Waals surface area contributed by atoms with Crippen molar-refractivity contribution in [3.05, 3.63) is 111 Å².